The van der Waals surface area contributed by atoms with Crippen molar-refractivity contribution in [3.8, 4) is 0 Å². The highest BCUT2D eigenvalue weighted by molar-refractivity contribution is 5.89. The smallest absolute Gasteiger partial charge is 0.274 e. The molecule has 0 saturated heterocycles. The molecule has 0 bridgehead atoms. The van der Waals surface area contributed by atoms with E-state index < -0.39 is 0 Å². The fourth-order valence-electron chi connectivity index (χ4n) is 2.98. The molecule has 2 nitrogen and oxygen atoms in total. The summed E-state index contributed by atoms with van der Waals surface area (Å²) in [6, 6.07) is 8.94. The molecule has 0 fully saturated rings. The number of rotatable bonds is 1. The van der Waals surface area contributed by atoms with Gasteiger partial charge in [0.25, 0.3) is 5.52 Å². The first-order valence-corrected chi connectivity index (χ1v) is 6.64. The number of benzene rings is 1. The Balaban J connectivity index is 2.45. The lowest BCUT2D eigenvalue weighted by atomic mass is 10.0. The quantitative estimate of drug-likeness (QED) is 0.725. The van der Waals surface area contributed by atoms with Gasteiger partial charge in [0.05, 0.1) is 12.4 Å². The van der Waals surface area contributed by atoms with Crippen molar-refractivity contribution in [1.82, 2.24) is 0 Å². The van der Waals surface area contributed by atoms with E-state index in [0.717, 1.165) is 13.1 Å². The molecule has 0 saturated carbocycles. The van der Waals surface area contributed by atoms with Crippen molar-refractivity contribution in [3.05, 3.63) is 41.6 Å². The summed E-state index contributed by atoms with van der Waals surface area (Å²) in [4.78, 5) is 1.51. The molecule has 1 atom stereocenters. The van der Waals surface area contributed by atoms with Crippen molar-refractivity contribution in [2.45, 2.75) is 20.4 Å². The van der Waals surface area contributed by atoms with Gasteiger partial charge in [-0.05, 0) is 25.1 Å². The van der Waals surface area contributed by atoms with Crippen LogP contribution in [0.1, 0.15) is 18.2 Å². The SMILES string of the molecule is C/C=C\c1ccc2ccc(C)[n+]3c2c1[NH+](C)CC3. The van der Waals surface area contributed by atoms with Gasteiger partial charge in [0.15, 0.2) is 12.2 Å². The monoisotopic (exact) mass is 240 g/mol. The molecule has 18 heavy (non-hydrogen) atoms. The third-order valence-electron chi connectivity index (χ3n) is 3.92. The molecule has 2 aromatic rings. The average molecular weight is 240 g/mol. The van der Waals surface area contributed by atoms with Gasteiger partial charge in [-0.2, -0.15) is 4.57 Å². The molecule has 0 spiro atoms. The van der Waals surface area contributed by atoms with E-state index in [-0.39, 0.29) is 0 Å². The van der Waals surface area contributed by atoms with Crippen LogP contribution in [0.15, 0.2) is 30.3 Å². The Morgan fingerprint density at radius 2 is 2.00 bits per heavy atom. The van der Waals surface area contributed by atoms with Crippen LogP contribution in [0.5, 0.6) is 0 Å². The second-order valence-corrected chi connectivity index (χ2v) is 5.12. The lowest BCUT2D eigenvalue weighted by Crippen LogP contribution is -3.06. The summed E-state index contributed by atoms with van der Waals surface area (Å²) >= 11 is 0. The number of allylic oxidation sites excluding steroid dienone is 1. The summed E-state index contributed by atoms with van der Waals surface area (Å²) in [6.45, 7) is 6.55. The Kier molecular flexibility index (Phi) is 2.67. The van der Waals surface area contributed by atoms with Crippen LogP contribution in [0.3, 0.4) is 0 Å². The molecule has 1 N–H and O–H groups in total. The minimum Gasteiger partial charge on any atom is -0.293 e. The van der Waals surface area contributed by atoms with E-state index in [0.29, 0.717) is 0 Å². The van der Waals surface area contributed by atoms with Crippen molar-refractivity contribution in [1.29, 1.82) is 0 Å². The minimum atomic E-state index is 1.11. The normalized spacial score (nSPS) is 18.7. The molecule has 3 rings (SSSR count). The maximum Gasteiger partial charge on any atom is 0.274 e. The Bertz CT molecular complexity index is 641. The third kappa shape index (κ3) is 1.57. The number of aryl methyl sites for hydroxylation is 1. The largest absolute Gasteiger partial charge is 0.293 e. The number of quaternary nitrogens is 1. The zero-order chi connectivity index (χ0) is 12.7. The van der Waals surface area contributed by atoms with Crippen LogP contribution in [0.2, 0.25) is 0 Å². The lowest BCUT2D eigenvalue weighted by Gasteiger charge is -2.20. The second kappa shape index (κ2) is 4.21. The first kappa shape index (κ1) is 11.4. The molecule has 0 amide bonds. The van der Waals surface area contributed by atoms with Crippen LogP contribution in [0.4, 0.5) is 5.69 Å². The summed E-state index contributed by atoms with van der Waals surface area (Å²) < 4.78 is 2.46. The van der Waals surface area contributed by atoms with Crippen molar-refractivity contribution in [2.24, 2.45) is 0 Å². The first-order chi connectivity index (χ1) is 8.72. The van der Waals surface area contributed by atoms with Gasteiger partial charge in [0, 0.05) is 18.6 Å². The molecule has 0 aliphatic carbocycles. The molecular formula is C16H20N2+2. The number of aromatic nitrogens is 1. The number of hydrogen-bond donors (Lipinski definition) is 1. The summed E-state index contributed by atoms with van der Waals surface area (Å²) in [5.74, 6) is 0. The second-order valence-electron chi connectivity index (χ2n) is 5.12. The van der Waals surface area contributed by atoms with Gasteiger partial charge in [-0.25, -0.2) is 0 Å². The predicted octanol–water partition coefficient (Wildman–Crippen LogP) is 1.63. The molecule has 1 aromatic carbocycles. The van der Waals surface area contributed by atoms with Gasteiger partial charge < -0.3 is 0 Å². The molecule has 92 valence electrons. The van der Waals surface area contributed by atoms with Gasteiger partial charge in [0.1, 0.15) is 6.54 Å². The number of hydrogen-bond acceptors (Lipinski definition) is 0. The van der Waals surface area contributed by atoms with Gasteiger partial charge >= 0.3 is 0 Å². The van der Waals surface area contributed by atoms with E-state index in [1.807, 2.05) is 0 Å². The summed E-state index contributed by atoms with van der Waals surface area (Å²) in [7, 11) is 2.27. The zero-order valence-corrected chi connectivity index (χ0v) is 11.3. The topological polar surface area (TPSA) is 8.32 Å². The van der Waals surface area contributed by atoms with Crippen molar-refractivity contribution < 1.29 is 9.47 Å². The molecular weight excluding hydrogens is 220 g/mol. The number of pyridine rings is 1. The summed E-state index contributed by atoms with van der Waals surface area (Å²) in [5.41, 5.74) is 5.56. The van der Waals surface area contributed by atoms with Crippen LogP contribution in [-0.2, 0) is 6.54 Å². The van der Waals surface area contributed by atoms with E-state index in [4.69, 9.17) is 0 Å². The lowest BCUT2D eigenvalue weighted by molar-refractivity contribution is -0.857. The summed E-state index contributed by atoms with van der Waals surface area (Å²) in [5, 5.41) is 1.35. The van der Waals surface area contributed by atoms with E-state index in [1.54, 1.807) is 0 Å². The van der Waals surface area contributed by atoms with E-state index in [2.05, 4.69) is 61.9 Å². The van der Waals surface area contributed by atoms with Gasteiger partial charge in [0.2, 0.25) is 5.69 Å². The number of nitrogens with one attached hydrogen (secondary N) is 1. The Labute approximate surface area is 108 Å². The van der Waals surface area contributed by atoms with Crippen LogP contribution in [0.25, 0.3) is 17.0 Å². The molecule has 1 unspecified atom stereocenters. The fraction of sp³-hybridized carbons (Fsp3) is 0.312. The number of nitrogens with zero attached hydrogens (tertiary/aromatic N) is 1. The van der Waals surface area contributed by atoms with Gasteiger partial charge in [-0.15, -0.1) is 0 Å². The van der Waals surface area contributed by atoms with Gasteiger partial charge in [-0.1, -0.05) is 12.2 Å². The van der Waals surface area contributed by atoms with Crippen LogP contribution in [0, 0.1) is 6.92 Å². The highest BCUT2D eigenvalue weighted by Gasteiger charge is 2.30. The highest BCUT2D eigenvalue weighted by atomic mass is 15.2. The molecule has 2 heteroatoms. The molecule has 1 aromatic heterocycles. The van der Waals surface area contributed by atoms with E-state index in [9.17, 15) is 0 Å². The van der Waals surface area contributed by atoms with E-state index in [1.165, 1.54) is 32.7 Å². The average Bonchev–Trinajstić information content (AvgIpc) is 2.37. The van der Waals surface area contributed by atoms with Crippen molar-refractivity contribution in [2.75, 3.05) is 13.6 Å². The molecule has 2 heterocycles. The van der Waals surface area contributed by atoms with Crippen LogP contribution >= 0.6 is 0 Å². The van der Waals surface area contributed by atoms with Crippen molar-refractivity contribution in [3.63, 3.8) is 0 Å². The molecule has 1 aliphatic rings. The van der Waals surface area contributed by atoms with E-state index >= 15 is 0 Å². The minimum absolute atomic E-state index is 1.11. The third-order valence-corrected chi connectivity index (χ3v) is 3.92. The van der Waals surface area contributed by atoms with Crippen LogP contribution in [-0.4, -0.2) is 13.6 Å². The molecule has 0 radical (unpaired) electrons. The number of likely N-dealkylation sites (N-methyl/N-ethyl adjacent to an activating group) is 1. The summed E-state index contributed by atoms with van der Waals surface area (Å²) in [6.07, 6.45) is 4.34. The Hall–Kier alpha value is -1.67. The van der Waals surface area contributed by atoms with Gasteiger partial charge in [-0.3, -0.25) is 4.90 Å². The fourth-order valence-corrected chi connectivity index (χ4v) is 2.98. The van der Waals surface area contributed by atoms with Crippen LogP contribution < -0.4 is 9.47 Å². The standard InChI is InChI=1S/C16H19N2/c1-4-5-13-8-9-14-7-6-12(2)18-11-10-17(3)15(13)16(14)18/h4-9H,10-11H2,1-3H3/q+1/p+1/b5-4-. The zero-order valence-electron chi connectivity index (χ0n) is 11.3. The molecule has 1 aliphatic heterocycles. The maximum absolute atomic E-state index is 2.46. The van der Waals surface area contributed by atoms with Crippen molar-refractivity contribution >= 4 is 22.7 Å². The maximum atomic E-state index is 2.46. The predicted molar refractivity (Wildman–Crippen MR) is 75.0 cm³/mol. The highest BCUT2D eigenvalue weighted by Crippen LogP contribution is 2.24. The Morgan fingerprint density at radius 1 is 1.22 bits per heavy atom. The first-order valence-electron chi connectivity index (χ1n) is 6.64. The Morgan fingerprint density at radius 3 is 2.78 bits per heavy atom.